The number of carbonyl (C=O) groups excluding carboxylic acids is 4. The summed E-state index contributed by atoms with van der Waals surface area (Å²) < 4.78 is 68.7. The summed E-state index contributed by atoms with van der Waals surface area (Å²) in [5, 5.41) is 10.6. The Kier molecular flexibility index (Phi) is 69.3. The van der Waals surface area contributed by atoms with Crippen LogP contribution < -0.4 is 0 Å². The molecule has 0 spiro atoms. The van der Waals surface area contributed by atoms with E-state index in [9.17, 15) is 43.2 Å². The number of hydrogen-bond acceptors (Lipinski definition) is 15. The van der Waals surface area contributed by atoms with Crippen LogP contribution in [0.1, 0.15) is 414 Å². The van der Waals surface area contributed by atoms with Crippen LogP contribution in [-0.2, 0) is 65.4 Å². The van der Waals surface area contributed by atoms with Crippen molar-refractivity contribution in [2.45, 2.75) is 432 Å². The summed E-state index contributed by atoms with van der Waals surface area (Å²) in [7, 11) is -9.92. The Morgan fingerprint density at radius 1 is 0.296 bits per heavy atom. The molecule has 0 bridgehead atoms. The summed E-state index contributed by atoms with van der Waals surface area (Å²) in [6.45, 7) is 9.66. The van der Waals surface area contributed by atoms with Crippen LogP contribution in [0, 0.1) is 11.8 Å². The van der Waals surface area contributed by atoms with Crippen molar-refractivity contribution >= 4 is 39.5 Å². The molecule has 0 aliphatic carbocycles. The van der Waals surface area contributed by atoms with E-state index in [4.69, 9.17) is 37.0 Å². The van der Waals surface area contributed by atoms with Crippen LogP contribution in [0.15, 0.2) is 0 Å². The fraction of sp³-hybridized carbons (Fsp3) is 0.949. The van der Waals surface area contributed by atoms with E-state index in [1.54, 1.807) is 0 Å². The van der Waals surface area contributed by atoms with Gasteiger partial charge in [-0.15, -0.1) is 0 Å². The van der Waals surface area contributed by atoms with Gasteiger partial charge in [-0.2, -0.15) is 0 Å². The Morgan fingerprint density at radius 2 is 0.520 bits per heavy atom. The fourth-order valence-electron chi connectivity index (χ4n) is 12.2. The third kappa shape index (κ3) is 71.1. The Labute approximate surface area is 600 Å². The number of ether oxygens (including phenoxy) is 4. The first-order valence-electron chi connectivity index (χ1n) is 41.0. The molecule has 0 saturated heterocycles. The number of phosphoric ester groups is 2. The Balaban J connectivity index is 5.27. The van der Waals surface area contributed by atoms with Crippen molar-refractivity contribution in [3.8, 4) is 0 Å². The molecule has 3 unspecified atom stereocenters. The molecular formula is C79H154O17P2. The van der Waals surface area contributed by atoms with Crippen LogP contribution in [0.4, 0.5) is 0 Å². The van der Waals surface area contributed by atoms with Gasteiger partial charge in [0.15, 0.2) is 12.2 Å². The summed E-state index contributed by atoms with van der Waals surface area (Å²) in [4.78, 5) is 73.0. The van der Waals surface area contributed by atoms with Gasteiger partial charge in [0.1, 0.15) is 19.3 Å². The molecule has 0 aliphatic rings. The maximum Gasteiger partial charge on any atom is 0.472 e. The molecule has 0 aromatic heterocycles. The van der Waals surface area contributed by atoms with Gasteiger partial charge in [-0.05, 0) is 37.5 Å². The first kappa shape index (κ1) is 96.1. The third-order valence-corrected chi connectivity index (χ3v) is 20.7. The van der Waals surface area contributed by atoms with Crippen LogP contribution in [-0.4, -0.2) is 96.7 Å². The average Bonchev–Trinajstić information content (AvgIpc) is 0.940. The number of phosphoric acid groups is 2. The lowest BCUT2D eigenvalue weighted by atomic mass is 9.99. The van der Waals surface area contributed by atoms with Gasteiger partial charge >= 0.3 is 39.5 Å². The first-order valence-corrected chi connectivity index (χ1v) is 44.0. The maximum atomic E-state index is 13.1. The van der Waals surface area contributed by atoms with E-state index in [2.05, 4.69) is 41.5 Å². The predicted molar refractivity (Wildman–Crippen MR) is 400 cm³/mol. The second-order valence-electron chi connectivity index (χ2n) is 29.2. The minimum Gasteiger partial charge on any atom is -0.462 e. The van der Waals surface area contributed by atoms with Crippen molar-refractivity contribution in [2.24, 2.45) is 11.8 Å². The van der Waals surface area contributed by atoms with Crippen molar-refractivity contribution in [1.82, 2.24) is 0 Å². The fourth-order valence-corrected chi connectivity index (χ4v) is 13.7. The number of aliphatic hydroxyl groups is 1. The quantitative estimate of drug-likeness (QED) is 0.0222. The highest BCUT2D eigenvalue weighted by molar-refractivity contribution is 7.47. The van der Waals surface area contributed by atoms with Gasteiger partial charge in [0.25, 0.3) is 0 Å². The van der Waals surface area contributed by atoms with Gasteiger partial charge in [0, 0.05) is 25.7 Å². The van der Waals surface area contributed by atoms with Gasteiger partial charge in [-0.3, -0.25) is 37.3 Å². The van der Waals surface area contributed by atoms with E-state index in [-0.39, 0.29) is 25.7 Å². The van der Waals surface area contributed by atoms with Crippen LogP contribution >= 0.6 is 15.6 Å². The average molecular weight is 1440 g/mol. The molecule has 19 heteroatoms. The summed E-state index contributed by atoms with van der Waals surface area (Å²) in [6, 6.07) is 0. The Bertz CT molecular complexity index is 1890. The van der Waals surface area contributed by atoms with E-state index < -0.39 is 97.5 Å². The Hall–Kier alpha value is -1.94. The summed E-state index contributed by atoms with van der Waals surface area (Å²) in [5.74, 6) is -0.535. The van der Waals surface area contributed by atoms with Gasteiger partial charge in [-0.25, -0.2) is 9.13 Å². The Morgan fingerprint density at radius 3 is 0.776 bits per heavy atom. The largest absolute Gasteiger partial charge is 0.472 e. The number of carbonyl (C=O) groups is 4. The van der Waals surface area contributed by atoms with Gasteiger partial charge < -0.3 is 33.8 Å². The molecule has 17 nitrogen and oxygen atoms in total. The van der Waals surface area contributed by atoms with Crippen molar-refractivity contribution in [3.63, 3.8) is 0 Å². The standard InChI is InChI=1S/C79H154O17P2/c1-7-10-12-14-16-18-20-22-23-24-25-27-31-39-45-51-57-63-78(83)95-74(67-90-77(82)62-56-50-44-38-32-28-29-35-41-47-53-59-71(4)5)69-93-97(85,86)91-65-73(80)66-92-98(87,88)94-70-75(68-89-76(81)61-55-49-43-37-30-26-21-19-17-15-13-11-8-2)96-79(84)64-58-52-46-40-34-33-36-42-48-54-60-72(6)9-3/h71-75,80H,7-70H2,1-6H3,(H,85,86)(H,87,88)/t72?,73-,74-,75-/m1/s1. The van der Waals surface area contributed by atoms with Crippen LogP contribution in [0.3, 0.4) is 0 Å². The number of rotatable bonds is 78. The highest BCUT2D eigenvalue weighted by Crippen LogP contribution is 2.45. The molecule has 0 fully saturated rings. The molecule has 0 aromatic carbocycles. The zero-order valence-electron chi connectivity index (χ0n) is 64.1. The van der Waals surface area contributed by atoms with Gasteiger partial charge in [0.2, 0.25) is 0 Å². The summed E-state index contributed by atoms with van der Waals surface area (Å²) in [5.41, 5.74) is 0. The normalized spacial score (nSPS) is 14.2. The van der Waals surface area contributed by atoms with Crippen molar-refractivity contribution < 1.29 is 80.2 Å². The molecule has 0 aliphatic heterocycles. The van der Waals surface area contributed by atoms with Crippen molar-refractivity contribution in [2.75, 3.05) is 39.6 Å². The second kappa shape index (κ2) is 70.7. The third-order valence-electron chi connectivity index (χ3n) is 18.8. The van der Waals surface area contributed by atoms with Crippen molar-refractivity contribution in [1.29, 1.82) is 0 Å². The lowest BCUT2D eigenvalue weighted by Crippen LogP contribution is -2.30. The predicted octanol–water partition coefficient (Wildman–Crippen LogP) is 23.5. The number of unbranched alkanes of at least 4 members (excludes halogenated alkanes) is 47. The molecule has 0 aromatic rings. The highest BCUT2D eigenvalue weighted by atomic mass is 31.2. The van der Waals surface area contributed by atoms with Crippen molar-refractivity contribution in [3.05, 3.63) is 0 Å². The molecule has 3 N–H and O–H groups in total. The van der Waals surface area contributed by atoms with E-state index in [0.29, 0.717) is 25.7 Å². The van der Waals surface area contributed by atoms with E-state index in [1.165, 1.54) is 231 Å². The maximum absolute atomic E-state index is 13.1. The van der Waals surface area contributed by atoms with Crippen LogP contribution in [0.2, 0.25) is 0 Å². The minimum absolute atomic E-state index is 0.107. The van der Waals surface area contributed by atoms with Crippen LogP contribution in [0.25, 0.3) is 0 Å². The molecular weight excluding hydrogens is 1280 g/mol. The molecule has 0 heterocycles. The molecule has 0 rings (SSSR count). The number of esters is 4. The summed E-state index contributed by atoms with van der Waals surface area (Å²) in [6.07, 6.45) is 59.4. The van der Waals surface area contributed by atoms with E-state index >= 15 is 0 Å². The number of aliphatic hydroxyl groups excluding tert-OH is 1. The second-order valence-corrected chi connectivity index (χ2v) is 32.1. The molecule has 0 amide bonds. The molecule has 582 valence electrons. The highest BCUT2D eigenvalue weighted by Gasteiger charge is 2.30. The molecule has 0 saturated carbocycles. The SMILES string of the molecule is CCCCCCCCCCCCCCCCCCCC(=O)O[C@H](COC(=O)CCCCCCCCCCCCCC(C)C)COP(=O)(O)OC[C@@H](O)COP(=O)(O)OC[C@@H](COC(=O)CCCCCCCCCCCCCCC)OC(=O)CCCCCCCCCCCCC(C)CC. The zero-order chi connectivity index (χ0) is 72.1. The lowest BCUT2D eigenvalue weighted by Gasteiger charge is -2.21. The van der Waals surface area contributed by atoms with Gasteiger partial charge in [-0.1, -0.05) is 363 Å². The van der Waals surface area contributed by atoms with E-state index in [0.717, 1.165) is 102 Å². The molecule has 98 heavy (non-hydrogen) atoms. The monoisotopic (exact) mass is 1440 g/mol. The smallest absolute Gasteiger partial charge is 0.462 e. The van der Waals surface area contributed by atoms with Crippen LogP contribution in [0.5, 0.6) is 0 Å². The minimum atomic E-state index is -4.96. The van der Waals surface area contributed by atoms with Gasteiger partial charge in [0.05, 0.1) is 26.4 Å². The molecule has 6 atom stereocenters. The summed E-state index contributed by atoms with van der Waals surface area (Å²) >= 11 is 0. The number of hydrogen-bond donors (Lipinski definition) is 3. The zero-order valence-corrected chi connectivity index (χ0v) is 65.9. The van der Waals surface area contributed by atoms with E-state index in [1.807, 2.05) is 0 Å². The lowest BCUT2D eigenvalue weighted by molar-refractivity contribution is -0.161. The first-order chi connectivity index (χ1) is 47.4. The topological polar surface area (TPSA) is 237 Å². The molecule has 0 radical (unpaired) electrons.